The lowest BCUT2D eigenvalue weighted by molar-refractivity contribution is -0.172. The van der Waals surface area contributed by atoms with E-state index in [1.807, 2.05) is 60.7 Å². The third kappa shape index (κ3) is 3.42. The fourth-order valence-electron chi connectivity index (χ4n) is 3.86. The molecular formula is C22H25NO4. The summed E-state index contributed by atoms with van der Waals surface area (Å²) in [7, 11) is 0. The maximum absolute atomic E-state index is 13.1. The number of esters is 2. The summed E-state index contributed by atoms with van der Waals surface area (Å²) in [5.74, 6) is -1.04. The van der Waals surface area contributed by atoms with Gasteiger partial charge in [-0.3, -0.25) is 9.59 Å². The Morgan fingerprint density at radius 3 is 1.96 bits per heavy atom. The van der Waals surface area contributed by atoms with Crippen molar-refractivity contribution in [2.45, 2.75) is 26.3 Å². The van der Waals surface area contributed by atoms with Crippen LogP contribution in [0.25, 0.3) is 0 Å². The molecule has 0 radical (unpaired) electrons. The minimum absolute atomic E-state index is 0.215. The van der Waals surface area contributed by atoms with E-state index in [1.165, 1.54) is 0 Å². The van der Waals surface area contributed by atoms with E-state index in [2.05, 4.69) is 4.90 Å². The molecule has 5 heteroatoms. The summed E-state index contributed by atoms with van der Waals surface area (Å²) in [5.41, 5.74) is 0.463. The van der Waals surface area contributed by atoms with Crippen molar-refractivity contribution in [1.82, 2.24) is 0 Å². The van der Waals surface area contributed by atoms with Crippen molar-refractivity contribution in [3.05, 3.63) is 66.2 Å². The molecule has 0 aliphatic carbocycles. The zero-order valence-corrected chi connectivity index (χ0v) is 15.8. The van der Waals surface area contributed by atoms with Crippen LogP contribution >= 0.6 is 0 Å². The van der Waals surface area contributed by atoms with Crippen molar-refractivity contribution in [2.24, 2.45) is 5.41 Å². The molecule has 2 aromatic rings. The number of carbonyl (C=O) groups excluding carboxylic acids is 2. The van der Waals surface area contributed by atoms with Gasteiger partial charge >= 0.3 is 11.9 Å². The van der Waals surface area contributed by atoms with Crippen LogP contribution in [0, 0.1) is 5.41 Å². The lowest BCUT2D eigenvalue weighted by Crippen LogP contribution is -2.46. The highest BCUT2D eigenvalue weighted by molar-refractivity contribution is 6.02. The molecule has 27 heavy (non-hydrogen) atoms. The Labute approximate surface area is 159 Å². The number of benzene rings is 2. The van der Waals surface area contributed by atoms with Crippen LogP contribution in [-0.4, -0.2) is 31.7 Å². The Kier molecular flexibility index (Phi) is 5.79. The summed E-state index contributed by atoms with van der Waals surface area (Å²) >= 11 is 0. The minimum atomic E-state index is -1.39. The summed E-state index contributed by atoms with van der Waals surface area (Å²) < 4.78 is 10.7. The molecule has 0 aromatic heterocycles. The smallest absolute Gasteiger partial charge is 0.326 e. The first-order chi connectivity index (χ1) is 13.1. The topological polar surface area (TPSA) is 55.8 Å². The standard InChI is InChI=1S/C22H25NO4/c1-3-26-20(24)22(21(25)27-4-2)15-16-23(18-13-9-6-10-14-18)19(22)17-11-7-5-8-12-17/h5-14,19H,3-4,15-16H2,1-2H3. The predicted molar refractivity (Wildman–Crippen MR) is 103 cm³/mol. The van der Waals surface area contributed by atoms with Gasteiger partial charge in [-0.2, -0.15) is 0 Å². The van der Waals surface area contributed by atoms with E-state index in [1.54, 1.807) is 13.8 Å². The first-order valence-corrected chi connectivity index (χ1v) is 9.36. The van der Waals surface area contributed by atoms with Crippen LogP contribution in [0.2, 0.25) is 0 Å². The molecule has 2 aromatic carbocycles. The van der Waals surface area contributed by atoms with Crippen LogP contribution in [0.5, 0.6) is 0 Å². The Hall–Kier alpha value is -2.82. The van der Waals surface area contributed by atoms with Gasteiger partial charge in [-0.05, 0) is 38.0 Å². The molecule has 0 bridgehead atoms. The highest BCUT2D eigenvalue weighted by Crippen LogP contribution is 2.50. The van der Waals surface area contributed by atoms with Crippen LogP contribution < -0.4 is 4.90 Å². The molecule has 1 fully saturated rings. The number of hydrogen-bond acceptors (Lipinski definition) is 5. The second-order valence-electron chi connectivity index (χ2n) is 6.50. The van der Waals surface area contributed by atoms with E-state index in [-0.39, 0.29) is 13.2 Å². The average molecular weight is 367 g/mol. The number of rotatable bonds is 6. The van der Waals surface area contributed by atoms with Crippen molar-refractivity contribution in [3.8, 4) is 0 Å². The largest absolute Gasteiger partial charge is 0.465 e. The van der Waals surface area contributed by atoms with Gasteiger partial charge in [-0.15, -0.1) is 0 Å². The number of hydrogen-bond donors (Lipinski definition) is 0. The zero-order chi connectivity index (χ0) is 19.3. The lowest BCUT2D eigenvalue weighted by atomic mass is 9.76. The van der Waals surface area contributed by atoms with E-state index in [0.717, 1.165) is 11.3 Å². The maximum Gasteiger partial charge on any atom is 0.326 e. The Morgan fingerprint density at radius 1 is 0.926 bits per heavy atom. The Balaban J connectivity index is 2.15. The van der Waals surface area contributed by atoms with Crippen LogP contribution in [0.3, 0.4) is 0 Å². The lowest BCUT2D eigenvalue weighted by Gasteiger charge is -2.35. The van der Waals surface area contributed by atoms with Crippen molar-refractivity contribution < 1.29 is 19.1 Å². The summed E-state index contributed by atoms with van der Waals surface area (Å²) in [5, 5.41) is 0. The van der Waals surface area contributed by atoms with Crippen molar-refractivity contribution in [1.29, 1.82) is 0 Å². The fourth-order valence-corrected chi connectivity index (χ4v) is 3.86. The van der Waals surface area contributed by atoms with E-state index in [9.17, 15) is 9.59 Å². The van der Waals surface area contributed by atoms with Crippen LogP contribution in [0.1, 0.15) is 31.9 Å². The van der Waals surface area contributed by atoms with E-state index in [0.29, 0.717) is 13.0 Å². The second-order valence-corrected chi connectivity index (χ2v) is 6.50. The SMILES string of the molecule is CCOC(=O)C1(C(=O)OCC)CCN(c2ccccc2)C1c1ccccc1. The van der Waals surface area contributed by atoms with Gasteiger partial charge in [0, 0.05) is 12.2 Å². The molecule has 1 unspecified atom stereocenters. The van der Waals surface area contributed by atoms with Gasteiger partial charge in [0.05, 0.1) is 19.3 Å². The van der Waals surface area contributed by atoms with E-state index in [4.69, 9.17) is 9.47 Å². The molecule has 3 rings (SSSR count). The van der Waals surface area contributed by atoms with Crippen LogP contribution in [-0.2, 0) is 19.1 Å². The monoisotopic (exact) mass is 367 g/mol. The molecule has 1 saturated heterocycles. The molecule has 1 aliphatic rings. The summed E-state index contributed by atoms with van der Waals surface area (Å²) in [6.45, 7) is 4.48. The van der Waals surface area contributed by atoms with Gasteiger partial charge in [0.25, 0.3) is 0 Å². The van der Waals surface area contributed by atoms with Crippen molar-refractivity contribution in [2.75, 3.05) is 24.7 Å². The van der Waals surface area contributed by atoms with Gasteiger partial charge in [-0.1, -0.05) is 48.5 Å². The van der Waals surface area contributed by atoms with Crippen LogP contribution in [0.15, 0.2) is 60.7 Å². The average Bonchev–Trinajstić information content (AvgIpc) is 3.11. The van der Waals surface area contributed by atoms with Gasteiger partial charge in [0.1, 0.15) is 0 Å². The summed E-state index contributed by atoms with van der Waals surface area (Å²) in [6, 6.07) is 19.0. The second kappa shape index (κ2) is 8.25. The Morgan fingerprint density at radius 2 is 1.44 bits per heavy atom. The van der Waals surface area contributed by atoms with Crippen molar-refractivity contribution in [3.63, 3.8) is 0 Å². The van der Waals surface area contributed by atoms with Gasteiger partial charge in [0.15, 0.2) is 5.41 Å². The van der Waals surface area contributed by atoms with E-state index >= 15 is 0 Å². The number of anilines is 1. The highest BCUT2D eigenvalue weighted by atomic mass is 16.6. The van der Waals surface area contributed by atoms with E-state index < -0.39 is 23.4 Å². The summed E-state index contributed by atoms with van der Waals surface area (Å²) in [4.78, 5) is 28.3. The normalized spacial score (nSPS) is 18.1. The highest BCUT2D eigenvalue weighted by Gasteiger charge is 2.61. The first kappa shape index (κ1) is 19.0. The molecular weight excluding hydrogens is 342 g/mol. The number of ether oxygens (including phenoxy) is 2. The van der Waals surface area contributed by atoms with Gasteiger partial charge in [0.2, 0.25) is 0 Å². The number of para-hydroxylation sites is 1. The minimum Gasteiger partial charge on any atom is -0.465 e. The molecule has 0 amide bonds. The molecule has 1 heterocycles. The number of carbonyl (C=O) groups is 2. The van der Waals surface area contributed by atoms with Gasteiger partial charge in [-0.25, -0.2) is 0 Å². The molecule has 1 atom stereocenters. The quantitative estimate of drug-likeness (QED) is 0.575. The predicted octanol–water partition coefficient (Wildman–Crippen LogP) is 3.75. The Bertz CT molecular complexity index is 757. The molecule has 5 nitrogen and oxygen atoms in total. The number of nitrogens with zero attached hydrogens (tertiary/aromatic N) is 1. The van der Waals surface area contributed by atoms with Crippen molar-refractivity contribution >= 4 is 17.6 Å². The fraction of sp³-hybridized carbons (Fsp3) is 0.364. The first-order valence-electron chi connectivity index (χ1n) is 9.36. The van der Waals surface area contributed by atoms with Gasteiger partial charge < -0.3 is 14.4 Å². The molecule has 0 saturated carbocycles. The molecule has 0 N–H and O–H groups in total. The van der Waals surface area contributed by atoms with Crippen LogP contribution in [0.4, 0.5) is 5.69 Å². The molecule has 142 valence electrons. The molecule has 1 aliphatic heterocycles. The zero-order valence-electron chi connectivity index (χ0n) is 15.8. The maximum atomic E-state index is 13.1. The summed E-state index contributed by atoms with van der Waals surface area (Å²) in [6.07, 6.45) is 0.346. The third-order valence-corrected chi connectivity index (χ3v) is 5.01. The molecule has 0 spiro atoms. The third-order valence-electron chi connectivity index (χ3n) is 5.01.